The number of benzene rings is 1. The molecule has 0 saturated carbocycles. The number of hydrogen-bond acceptors (Lipinski definition) is 3. The topological polar surface area (TPSA) is 63.3 Å². The molecule has 0 aliphatic carbocycles. The summed E-state index contributed by atoms with van der Waals surface area (Å²) in [5, 5.41) is 9.76. The minimum absolute atomic E-state index is 0.0155. The highest BCUT2D eigenvalue weighted by molar-refractivity contribution is 9.10. The molecule has 0 amide bonds. The largest absolute Gasteiger partial charge is 0.506 e. The molecule has 0 atom stereocenters. The van der Waals surface area contributed by atoms with Crippen molar-refractivity contribution < 1.29 is 9.90 Å². The van der Waals surface area contributed by atoms with Gasteiger partial charge in [-0.2, -0.15) is 0 Å². The molecule has 82 valence electrons. The molecule has 3 nitrogen and oxygen atoms in total. The lowest BCUT2D eigenvalue weighted by atomic mass is 9.94. The van der Waals surface area contributed by atoms with Crippen LogP contribution in [0.5, 0.6) is 5.75 Å². The fourth-order valence-electron chi connectivity index (χ4n) is 1.62. The third-order valence-corrected chi connectivity index (χ3v) is 3.64. The van der Waals surface area contributed by atoms with Gasteiger partial charge in [0.05, 0.1) is 11.0 Å². The number of halogens is 1. The second-order valence-electron chi connectivity index (χ2n) is 3.54. The molecular formula is C11H14BrNO2. The Hall–Kier alpha value is -0.870. The van der Waals surface area contributed by atoms with Crippen LogP contribution >= 0.6 is 15.9 Å². The molecule has 0 aromatic heterocycles. The van der Waals surface area contributed by atoms with Crippen LogP contribution in [-0.2, 0) is 0 Å². The van der Waals surface area contributed by atoms with Gasteiger partial charge < -0.3 is 10.8 Å². The fraction of sp³-hybridized carbons (Fsp3) is 0.364. The first-order valence-corrected chi connectivity index (χ1v) is 5.42. The van der Waals surface area contributed by atoms with Crippen LogP contribution in [0.15, 0.2) is 4.47 Å². The summed E-state index contributed by atoms with van der Waals surface area (Å²) >= 11 is 3.27. The second-order valence-corrected chi connectivity index (χ2v) is 4.33. The lowest BCUT2D eigenvalue weighted by Gasteiger charge is -2.14. The maximum atomic E-state index is 11.6. The first kappa shape index (κ1) is 12.2. The van der Waals surface area contributed by atoms with Crippen LogP contribution in [0.2, 0.25) is 0 Å². The van der Waals surface area contributed by atoms with Crippen molar-refractivity contribution in [2.75, 3.05) is 6.54 Å². The minimum Gasteiger partial charge on any atom is -0.506 e. The van der Waals surface area contributed by atoms with E-state index in [1.54, 1.807) is 13.8 Å². The van der Waals surface area contributed by atoms with E-state index in [1.165, 1.54) is 0 Å². The molecule has 0 fully saturated rings. The van der Waals surface area contributed by atoms with Crippen LogP contribution in [-0.4, -0.2) is 17.4 Å². The maximum Gasteiger partial charge on any atom is 0.176 e. The van der Waals surface area contributed by atoms with Gasteiger partial charge in [0.1, 0.15) is 5.75 Å². The zero-order chi connectivity index (χ0) is 11.7. The molecular weight excluding hydrogens is 258 g/mol. The van der Waals surface area contributed by atoms with Gasteiger partial charge in [-0.3, -0.25) is 4.79 Å². The summed E-state index contributed by atoms with van der Waals surface area (Å²) in [7, 11) is 0. The van der Waals surface area contributed by atoms with Crippen molar-refractivity contribution in [2.24, 2.45) is 5.73 Å². The number of ketones is 1. The predicted octanol–water partition coefficient (Wildman–Crippen LogP) is 2.22. The van der Waals surface area contributed by atoms with Gasteiger partial charge in [-0.05, 0) is 53.4 Å². The van der Waals surface area contributed by atoms with E-state index in [9.17, 15) is 9.90 Å². The summed E-state index contributed by atoms with van der Waals surface area (Å²) in [6, 6.07) is 0. The predicted molar refractivity (Wildman–Crippen MR) is 63.4 cm³/mol. The van der Waals surface area contributed by atoms with Gasteiger partial charge in [0.25, 0.3) is 0 Å². The second kappa shape index (κ2) is 4.33. The highest BCUT2D eigenvalue weighted by atomic mass is 79.9. The first-order valence-electron chi connectivity index (χ1n) is 4.63. The fourth-order valence-corrected chi connectivity index (χ4v) is 2.11. The number of rotatable bonds is 2. The summed E-state index contributed by atoms with van der Waals surface area (Å²) in [5.41, 5.74) is 8.21. The highest BCUT2D eigenvalue weighted by Crippen LogP contribution is 2.36. The van der Waals surface area contributed by atoms with Crippen LogP contribution in [0, 0.1) is 20.8 Å². The molecule has 15 heavy (non-hydrogen) atoms. The van der Waals surface area contributed by atoms with Crippen molar-refractivity contribution >= 4 is 21.7 Å². The van der Waals surface area contributed by atoms with Crippen molar-refractivity contribution in [1.82, 2.24) is 0 Å². The van der Waals surface area contributed by atoms with Gasteiger partial charge in [0.2, 0.25) is 0 Å². The molecule has 0 aliphatic rings. The molecule has 0 spiro atoms. The van der Waals surface area contributed by atoms with Crippen LogP contribution in [0.3, 0.4) is 0 Å². The average Bonchev–Trinajstić information content (AvgIpc) is 2.23. The number of phenols is 1. The number of carbonyl (C=O) groups is 1. The van der Waals surface area contributed by atoms with Crippen molar-refractivity contribution in [3.05, 3.63) is 26.7 Å². The number of Topliss-reactive ketones (excluding diaryl/α,β-unsaturated/α-hetero) is 1. The Morgan fingerprint density at radius 1 is 1.27 bits per heavy atom. The van der Waals surface area contributed by atoms with E-state index < -0.39 is 0 Å². The van der Waals surface area contributed by atoms with Crippen LogP contribution < -0.4 is 5.73 Å². The van der Waals surface area contributed by atoms with Crippen molar-refractivity contribution in [3.8, 4) is 5.75 Å². The zero-order valence-corrected chi connectivity index (χ0v) is 10.6. The van der Waals surface area contributed by atoms with Crippen molar-refractivity contribution in [1.29, 1.82) is 0 Å². The standard InChI is InChI=1S/C11H14BrNO2/c1-5-6(2)11(15)10(12)7(3)9(5)8(14)4-13/h15H,4,13H2,1-3H3. The lowest BCUT2D eigenvalue weighted by Crippen LogP contribution is -2.17. The normalized spacial score (nSPS) is 10.5. The highest BCUT2D eigenvalue weighted by Gasteiger charge is 2.18. The summed E-state index contributed by atoms with van der Waals surface area (Å²) in [6.45, 7) is 5.37. The molecule has 1 aromatic carbocycles. The molecule has 3 N–H and O–H groups in total. The van der Waals surface area contributed by atoms with Gasteiger partial charge in [0.15, 0.2) is 5.78 Å². The smallest absolute Gasteiger partial charge is 0.176 e. The Bertz CT molecular complexity index is 398. The summed E-state index contributed by atoms with van der Waals surface area (Å²) in [6.07, 6.45) is 0. The van der Waals surface area contributed by atoms with E-state index >= 15 is 0 Å². The third-order valence-electron chi connectivity index (χ3n) is 2.67. The Balaban J connectivity index is 3.60. The zero-order valence-electron chi connectivity index (χ0n) is 9.02. The van der Waals surface area contributed by atoms with E-state index in [4.69, 9.17) is 5.73 Å². The molecule has 0 heterocycles. The van der Waals surface area contributed by atoms with Crippen molar-refractivity contribution in [3.63, 3.8) is 0 Å². The molecule has 0 radical (unpaired) electrons. The Labute approximate surface area is 97.4 Å². The number of hydrogen-bond donors (Lipinski definition) is 2. The third kappa shape index (κ3) is 1.92. The van der Waals surface area contributed by atoms with Gasteiger partial charge >= 0.3 is 0 Å². The van der Waals surface area contributed by atoms with E-state index in [0.29, 0.717) is 15.6 Å². The van der Waals surface area contributed by atoms with E-state index in [2.05, 4.69) is 15.9 Å². The number of nitrogens with two attached hydrogens (primary N) is 1. The van der Waals surface area contributed by atoms with Crippen LogP contribution in [0.1, 0.15) is 27.0 Å². The molecule has 0 unspecified atom stereocenters. The minimum atomic E-state index is -0.103. The van der Waals surface area contributed by atoms with Gasteiger partial charge in [-0.15, -0.1) is 0 Å². The van der Waals surface area contributed by atoms with Gasteiger partial charge in [0, 0.05) is 5.56 Å². The van der Waals surface area contributed by atoms with E-state index in [1.807, 2.05) is 6.92 Å². The summed E-state index contributed by atoms with van der Waals surface area (Å²) in [4.78, 5) is 11.6. The Morgan fingerprint density at radius 3 is 2.27 bits per heavy atom. The molecule has 0 bridgehead atoms. The SMILES string of the molecule is Cc1c(C)c(C(=O)CN)c(C)c(Br)c1O. The summed E-state index contributed by atoms with van der Waals surface area (Å²) < 4.78 is 0.572. The number of aromatic hydroxyl groups is 1. The Morgan fingerprint density at radius 2 is 1.80 bits per heavy atom. The first-order chi connectivity index (χ1) is 6.91. The quantitative estimate of drug-likeness (QED) is 0.811. The van der Waals surface area contributed by atoms with Crippen LogP contribution in [0.4, 0.5) is 0 Å². The molecule has 0 saturated heterocycles. The van der Waals surface area contributed by atoms with Crippen molar-refractivity contribution in [2.45, 2.75) is 20.8 Å². The van der Waals surface area contributed by atoms with Crippen LogP contribution in [0.25, 0.3) is 0 Å². The lowest BCUT2D eigenvalue weighted by molar-refractivity contribution is 0.1000. The Kier molecular flexibility index (Phi) is 3.52. The number of carbonyl (C=O) groups excluding carboxylic acids is 1. The van der Waals surface area contributed by atoms with Gasteiger partial charge in [-0.1, -0.05) is 0 Å². The van der Waals surface area contributed by atoms with E-state index in [0.717, 1.165) is 11.1 Å². The summed E-state index contributed by atoms with van der Waals surface area (Å²) in [5.74, 6) is 0.0902. The maximum absolute atomic E-state index is 11.6. The molecule has 1 rings (SSSR count). The molecule has 1 aromatic rings. The number of phenolic OH excluding ortho intramolecular Hbond substituents is 1. The monoisotopic (exact) mass is 271 g/mol. The average molecular weight is 272 g/mol. The van der Waals surface area contributed by atoms with Gasteiger partial charge in [-0.25, -0.2) is 0 Å². The van der Waals surface area contributed by atoms with E-state index in [-0.39, 0.29) is 18.1 Å². The molecule has 4 heteroatoms. The molecule has 0 aliphatic heterocycles.